The van der Waals surface area contributed by atoms with E-state index in [0.717, 1.165) is 0 Å². The number of furan rings is 1. The van der Waals surface area contributed by atoms with E-state index < -0.39 is 11.9 Å². The van der Waals surface area contributed by atoms with Crippen molar-refractivity contribution in [3.05, 3.63) is 83.4 Å². The topological polar surface area (TPSA) is 195 Å². The third-order valence-electron chi connectivity index (χ3n) is 5.69. The van der Waals surface area contributed by atoms with Gasteiger partial charge in [-0.05, 0) is 53.1 Å². The lowest BCUT2D eigenvalue weighted by Crippen LogP contribution is -2.19. The largest absolute Gasteiger partial charge is 0.490 e. The van der Waals surface area contributed by atoms with Crippen molar-refractivity contribution in [3.63, 3.8) is 0 Å². The highest BCUT2D eigenvalue weighted by Crippen LogP contribution is 2.29. The fourth-order valence-corrected chi connectivity index (χ4v) is 3.80. The Kier molecular flexibility index (Phi) is 8.18. The molecule has 0 atom stereocenters. The second-order valence-corrected chi connectivity index (χ2v) is 8.42. The van der Waals surface area contributed by atoms with Crippen LogP contribution in [0.25, 0.3) is 17.1 Å². The van der Waals surface area contributed by atoms with E-state index in [2.05, 4.69) is 40.5 Å². The molecule has 0 spiro atoms. The smallest absolute Gasteiger partial charge is 0.373 e. The summed E-state index contributed by atoms with van der Waals surface area (Å²) in [5.41, 5.74) is 9.85. The van der Waals surface area contributed by atoms with Crippen LogP contribution < -0.4 is 20.6 Å². The first-order chi connectivity index (χ1) is 20.5. The van der Waals surface area contributed by atoms with Gasteiger partial charge in [-0.3, -0.25) is 4.79 Å². The molecule has 3 aromatic heterocycles. The highest BCUT2D eigenvalue weighted by Gasteiger charge is 2.25. The van der Waals surface area contributed by atoms with Gasteiger partial charge in [0.05, 0.1) is 19.9 Å². The first-order valence-corrected chi connectivity index (χ1v) is 12.5. The van der Waals surface area contributed by atoms with Crippen LogP contribution in [0.15, 0.2) is 74.8 Å². The summed E-state index contributed by atoms with van der Waals surface area (Å²) in [7, 11) is 1.27. The van der Waals surface area contributed by atoms with Crippen LogP contribution in [0, 0.1) is 0 Å². The number of carbonyl (C=O) groups is 2. The van der Waals surface area contributed by atoms with Gasteiger partial charge in [0, 0.05) is 5.56 Å². The molecule has 2 aromatic carbocycles. The monoisotopic (exact) mass is 572 g/mol. The summed E-state index contributed by atoms with van der Waals surface area (Å²) in [4.78, 5) is 24.7. The summed E-state index contributed by atoms with van der Waals surface area (Å²) in [6, 6.07) is 17.2. The fourth-order valence-electron chi connectivity index (χ4n) is 3.80. The molecule has 0 aliphatic heterocycles. The van der Waals surface area contributed by atoms with Crippen molar-refractivity contribution >= 4 is 23.9 Å². The number of carbonyl (C=O) groups excluding carboxylic acids is 2. The van der Waals surface area contributed by atoms with Crippen LogP contribution in [0.1, 0.15) is 39.3 Å². The minimum atomic E-state index is -0.624. The van der Waals surface area contributed by atoms with Gasteiger partial charge >= 0.3 is 5.97 Å². The molecule has 42 heavy (non-hydrogen) atoms. The van der Waals surface area contributed by atoms with Crippen LogP contribution >= 0.6 is 0 Å². The molecule has 0 bridgehead atoms. The van der Waals surface area contributed by atoms with Gasteiger partial charge in [-0.25, -0.2) is 14.8 Å². The van der Waals surface area contributed by atoms with Crippen molar-refractivity contribution in [1.29, 1.82) is 0 Å². The van der Waals surface area contributed by atoms with Crippen molar-refractivity contribution in [3.8, 4) is 28.6 Å². The van der Waals surface area contributed by atoms with E-state index in [1.54, 1.807) is 48.5 Å². The van der Waals surface area contributed by atoms with Gasteiger partial charge in [0.2, 0.25) is 17.4 Å². The number of hydrogen-bond donors (Lipinski definition) is 2. The van der Waals surface area contributed by atoms with Gasteiger partial charge in [-0.1, -0.05) is 35.5 Å². The molecular weight excluding hydrogens is 548 g/mol. The van der Waals surface area contributed by atoms with Crippen molar-refractivity contribution in [2.24, 2.45) is 5.10 Å². The van der Waals surface area contributed by atoms with E-state index in [0.29, 0.717) is 40.7 Å². The van der Waals surface area contributed by atoms with Gasteiger partial charge < -0.3 is 24.4 Å². The SMILES string of the molecule is CCOc1cc(/C=N\NC(=O)c2nnn(-c3nonc3N)c2-c2ccccc2)ccc1OCc1ccc(C(=O)OC)o1. The fraction of sp³-hybridized carbons (Fsp3) is 0.148. The Balaban J connectivity index is 1.31. The number of nitrogens with one attached hydrogen (secondary N) is 1. The number of hydrogen-bond acceptors (Lipinski definition) is 13. The first kappa shape index (κ1) is 27.6. The number of nitrogens with zero attached hydrogens (tertiary/aromatic N) is 6. The zero-order valence-corrected chi connectivity index (χ0v) is 22.4. The number of methoxy groups -OCH3 is 1. The Labute approximate surface area is 237 Å². The average Bonchev–Trinajstić information content (AvgIpc) is 3.76. The number of esters is 1. The van der Waals surface area contributed by atoms with Gasteiger partial charge in [0.1, 0.15) is 18.1 Å². The molecule has 0 aliphatic rings. The Morgan fingerprint density at radius 1 is 1.07 bits per heavy atom. The van der Waals surface area contributed by atoms with Crippen LogP contribution in [0.2, 0.25) is 0 Å². The molecule has 0 saturated heterocycles. The first-order valence-electron chi connectivity index (χ1n) is 12.5. The zero-order valence-electron chi connectivity index (χ0n) is 22.4. The summed E-state index contributed by atoms with van der Waals surface area (Å²) in [5.74, 6) is 0.264. The number of aromatic nitrogens is 5. The lowest BCUT2D eigenvalue weighted by Gasteiger charge is -2.11. The zero-order chi connectivity index (χ0) is 29.5. The lowest BCUT2D eigenvalue weighted by atomic mass is 10.1. The number of amides is 1. The number of nitrogens with two attached hydrogens (primary N) is 1. The maximum atomic E-state index is 13.1. The number of anilines is 1. The minimum absolute atomic E-state index is 0.0188. The van der Waals surface area contributed by atoms with Gasteiger partial charge in [-0.15, -0.1) is 5.10 Å². The third-order valence-corrected chi connectivity index (χ3v) is 5.69. The lowest BCUT2D eigenvalue weighted by molar-refractivity contribution is 0.0560. The summed E-state index contributed by atoms with van der Waals surface area (Å²) >= 11 is 0. The van der Waals surface area contributed by atoms with Crippen molar-refractivity contribution in [1.82, 2.24) is 30.7 Å². The molecule has 3 heterocycles. The molecule has 15 nitrogen and oxygen atoms in total. The quantitative estimate of drug-likeness (QED) is 0.134. The molecule has 0 unspecified atom stereocenters. The number of hydrazone groups is 1. The summed E-state index contributed by atoms with van der Waals surface area (Å²) in [6.45, 7) is 2.27. The van der Waals surface area contributed by atoms with E-state index in [4.69, 9.17) is 19.6 Å². The molecule has 5 aromatic rings. The molecule has 3 N–H and O–H groups in total. The highest BCUT2D eigenvalue weighted by atomic mass is 16.6. The molecule has 0 saturated carbocycles. The highest BCUT2D eigenvalue weighted by molar-refractivity contribution is 5.98. The standard InChI is InChI=1S/C27H24N8O7/c1-3-39-21-13-16(9-11-19(21)40-15-18-10-12-20(41-18)27(37)38-2)14-29-31-26(36)22-23(17-7-5-4-6-8-17)35(34-30-22)25-24(28)32-42-33-25/h4-14H,3,15H2,1-2H3,(H2,28,32)(H,31,36)/b29-14-. The molecule has 0 fully saturated rings. The Bertz CT molecular complexity index is 1730. The molecule has 214 valence electrons. The number of benzene rings is 2. The second-order valence-electron chi connectivity index (χ2n) is 8.42. The van der Waals surface area contributed by atoms with Crippen LogP contribution in [0.4, 0.5) is 5.82 Å². The van der Waals surface area contributed by atoms with E-state index in [9.17, 15) is 9.59 Å². The summed E-state index contributed by atoms with van der Waals surface area (Å²) < 4.78 is 27.6. The van der Waals surface area contributed by atoms with Crippen molar-refractivity contribution in [2.75, 3.05) is 19.5 Å². The molecule has 1 amide bonds. The predicted molar refractivity (Wildman–Crippen MR) is 146 cm³/mol. The minimum Gasteiger partial charge on any atom is -0.490 e. The van der Waals surface area contributed by atoms with E-state index in [1.165, 1.54) is 24.1 Å². The molecular formula is C27H24N8O7. The normalized spacial score (nSPS) is 11.0. The Morgan fingerprint density at radius 3 is 2.64 bits per heavy atom. The average molecular weight is 573 g/mol. The summed E-state index contributed by atoms with van der Waals surface area (Å²) in [5, 5.41) is 19.4. The predicted octanol–water partition coefficient (Wildman–Crippen LogP) is 3.02. The maximum absolute atomic E-state index is 13.1. The molecule has 0 radical (unpaired) electrons. The number of rotatable bonds is 11. The van der Waals surface area contributed by atoms with Crippen LogP contribution in [-0.4, -0.2) is 57.1 Å². The number of ether oxygens (including phenoxy) is 3. The Hall–Kier alpha value is -5.99. The number of nitrogen functional groups attached to an aromatic ring is 1. The van der Waals surface area contributed by atoms with E-state index >= 15 is 0 Å². The van der Waals surface area contributed by atoms with E-state index in [-0.39, 0.29) is 29.7 Å². The van der Waals surface area contributed by atoms with Gasteiger partial charge in [0.25, 0.3) is 5.91 Å². The van der Waals surface area contributed by atoms with Gasteiger partial charge in [-0.2, -0.15) is 9.78 Å². The van der Waals surface area contributed by atoms with Crippen molar-refractivity contribution < 1.29 is 32.8 Å². The maximum Gasteiger partial charge on any atom is 0.373 e. The van der Waals surface area contributed by atoms with Crippen molar-refractivity contribution in [2.45, 2.75) is 13.5 Å². The van der Waals surface area contributed by atoms with E-state index in [1.807, 2.05) is 13.0 Å². The van der Waals surface area contributed by atoms with Gasteiger partial charge in [0.15, 0.2) is 17.2 Å². The molecule has 15 heteroatoms. The van der Waals surface area contributed by atoms with Crippen LogP contribution in [0.5, 0.6) is 11.5 Å². The third kappa shape index (κ3) is 5.94. The van der Waals surface area contributed by atoms with Crippen LogP contribution in [0.3, 0.4) is 0 Å². The second kappa shape index (κ2) is 12.5. The molecule has 5 rings (SSSR count). The summed E-state index contributed by atoms with van der Waals surface area (Å²) in [6.07, 6.45) is 1.44. The molecule has 0 aliphatic carbocycles. The van der Waals surface area contributed by atoms with Crippen LogP contribution in [-0.2, 0) is 11.3 Å². The Morgan fingerprint density at radius 2 is 1.90 bits per heavy atom.